The molecular formula is C13H9N3O. The smallest absolute Gasteiger partial charge is 0.150 e. The van der Waals surface area contributed by atoms with Crippen molar-refractivity contribution in [3.05, 3.63) is 54.6 Å². The molecule has 4 nitrogen and oxygen atoms in total. The molecule has 0 saturated heterocycles. The number of hydrogen-bond donors (Lipinski definition) is 0. The fourth-order valence-corrected chi connectivity index (χ4v) is 1.73. The molecule has 0 N–H and O–H groups in total. The van der Waals surface area contributed by atoms with E-state index in [1.807, 2.05) is 28.9 Å². The Morgan fingerprint density at radius 3 is 2.76 bits per heavy atom. The summed E-state index contributed by atoms with van der Waals surface area (Å²) >= 11 is 0. The van der Waals surface area contributed by atoms with Crippen LogP contribution in [0.2, 0.25) is 0 Å². The molecule has 17 heavy (non-hydrogen) atoms. The molecular weight excluding hydrogens is 214 g/mol. The molecule has 3 rings (SSSR count). The van der Waals surface area contributed by atoms with Crippen molar-refractivity contribution in [3.8, 4) is 11.3 Å². The molecule has 0 bridgehead atoms. The molecule has 0 radical (unpaired) electrons. The van der Waals surface area contributed by atoms with Gasteiger partial charge in [0.1, 0.15) is 11.9 Å². The lowest BCUT2D eigenvalue weighted by molar-refractivity contribution is 0.112. The third kappa shape index (κ3) is 1.69. The number of carbonyl (C=O) groups excluding carboxylic acids is 1. The van der Waals surface area contributed by atoms with Crippen LogP contribution in [0, 0.1) is 0 Å². The third-order valence-electron chi connectivity index (χ3n) is 2.60. The van der Waals surface area contributed by atoms with Gasteiger partial charge in [-0.25, -0.2) is 4.98 Å². The quantitative estimate of drug-likeness (QED) is 0.626. The van der Waals surface area contributed by atoms with Gasteiger partial charge in [0, 0.05) is 35.9 Å². The van der Waals surface area contributed by atoms with Crippen LogP contribution in [0.25, 0.3) is 16.9 Å². The van der Waals surface area contributed by atoms with Gasteiger partial charge >= 0.3 is 0 Å². The molecule has 0 amide bonds. The van der Waals surface area contributed by atoms with Crippen molar-refractivity contribution in [2.24, 2.45) is 0 Å². The summed E-state index contributed by atoms with van der Waals surface area (Å²) in [6.07, 6.45) is 8.04. The van der Waals surface area contributed by atoms with E-state index in [1.54, 1.807) is 24.5 Å². The van der Waals surface area contributed by atoms with Crippen LogP contribution in [0.3, 0.4) is 0 Å². The fourth-order valence-electron chi connectivity index (χ4n) is 1.73. The summed E-state index contributed by atoms with van der Waals surface area (Å²) in [4.78, 5) is 19.1. The monoisotopic (exact) mass is 223 g/mol. The molecule has 0 spiro atoms. The topological polar surface area (TPSA) is 47.3 Å². The molecule has 0 aliphatic heterocycles. The lowest BCUT2D eigenvalue weighted by Crippen LogP contribution is -1.85. The van der Waals surface area contributed by atoms with Gasteiger partial charge in [-0.3, -0.25) is 9.78 Å². The zero-order chi connectivity index (χ0) is 11.7. The SMILES string of the molecule is O=Cc1ccn2cc(-c3ccncc3)nc2c1. The van der Waals surface area contributed by atoms with Gasteiger partial charge < -0.3 is 4.40 Å². The summed E-state index contributed by atoms with van der Waals surface area (Å²) in [6, 6.07) is 7.33. The Bertz CT molecular complexity index is 673. The summed E-state index contributed by atoms with van der Waals surface area (Å²) in [5.74, 6) is 0. The van der Waals surface area contributed by atoms with E-state index in [9.17, 15) is 4.79 Å². The molecule has 0 saturated carbocycles. The second kappa shape index (κ2) is 3.83. The van der Waals surface area contributed by atoms with E-state index >= 15 is 0 Å². The maximum Gasteiger partial charge on any atom is 0.150 e. The molecule has 0 aliphatic rings. The number of aldehydes is 1. The van der Waals surface area contributed by atoms with Crippen molar-refractivity contribution in [3.63, 3.8) is 0 Å². The molecule has 0 unspecified atom stereocenters. The van der Waals surface area contributed by atoms with Gasteiger partial charge in [0.15, 0.2) is 0 Å². The minimum atomic E-state index is 0.629. The highest BCUT2D eigenvalue weighted by molar-refractivity contribution is 5.77. The van der Waals surface area contributed by atoms with Crippen molar-refractivity contribution >= 4 is 11.9 Å². The second-order valence-corrected chi connectivity index (χ2v) is 3.71. The predicted molar refractivity (Wildman–Crippen MR) is 63.8 cm³/mol. The highest BCUT2D eigenvalue weighted by atomic mass is 16.1. The lowest BCUT2D eigenvalue weighted by atomic mass is 10.2. The van der Waals surface area contributed by atoms with Crippen LogP contribution in [0.4, 0.5) is 0 Å². The molecule has 0 aliphatic carbocycles. The Morgan fingerprint density at radius 2 is 2.00 bits per heavy atom. The number of carbonyl (C=O) groups is 1. The maximum absolute atomic E-state index is 10.7. The molecule has 4 heteroatoms. The van der Waals surface area contributed by atoms with Gasteiger partial charge in [0.2, 0.25) is 0 Å². The van der Waals surface area contributed by atoms with Gasteiger partial charge in [-0.05, 0) is 24.3 Å². The van der Waals surface area contributed by atoms with E-state index in [0.29, 0.717) is 5.56 Å². The number of rotatable bonds is 2. The first-order valence-corrected chi connectivity index (χ1v) is 5.21. The molecule has 3 aromatic rings. The van der Waals surface area contributed by atoms with Crippen LogP contribution in [0.15, 0.2) is 49.1 Å². The van der Waals surface area contributed by atoms with Gasteiger partial charge in [0.05, 0.1) is 5.69 Å². The summed E-state index contributed by atoms with van der Waals surface area (Å²) in [7, 11) is 0. The Labute approximate surface area is 97.6 Å². The first-order valence-electron chi connectivity index (χ1n) is 5.21. The van der Waals surface area contributed by atoms with E-state index in [0.717, 1.165) is 23.2 Å². The van der Waals surface area contributed by atoms with E-state index in [2.05, 4.69) is 9.97 Å². The Morgan fingerprint density at radius 1 is 1.18 bits per heavy atom. The molecule has 0 atom stereocenters. The van der Waals surface area contributed by atoms with Crippen molar-refractivity contribution < 1.29 is 4.79 Å². The van der Waals surface area contributed by atoms with Crippen LogP contribution >= 0.6 is 0 Å². The third-order valence-corrected chi connectivity index (χ3v) is 2.60. The maximum atomic E-state index is 10.7. The highest BCUT2D eigenvalue weighted by Gasteiger charge is 2.04. The molecule has 3 aromatic heterocycles. The van der Waals surface area contributed by atoms with Gasteiger partial charge in [-0.1, -0.05) is 0 Å². The van der Waals surface area contributed by atoms with Crippen molar-refractivity contribution in [2.45, 2.75) is 0 Å². The van der Waals surface area contributed by atoms with Crippen LogP contribution < -0.4 is 0 Å². The highest BCUT2D eigenvalue weighted by Crippen LogP contribution is 2.18. The second-order valence-electron chi connectivity index (χ2n) is 3.71. The largest absolute Gasteiger partial charge is 0.306 e. The Hall–Kier alpha value is -2.49. The summed E-state index contributed by atoms with van der Waals surface area (Å²) in [5, 5.41) is 0. The average molecular weight is 223 g/mol. The van der Waals surface area contributed by atoms with Gasteiger partial charge in [-0.15, -0.1) is 0 Å². The van der Waals surface area contributed by atoms with Gasteiger partial charge in [0.25, 0.3) is 0 Å². The van der Waals surface area contributed by atoms with Crippen LogP contribution in [-0.2, 0) is 0 Å². The van der Waals surface area contributed by atoms with Crippen molar-refractivity contribution in [1.29, 1.82) is 0 Å². The van der Waals surface area contributed by atoms with Gasteiger partial charge in [-0.2, -0.15) is 0 Å². The molecule has 0 fully saturated rings. The molecule has 3 heterocycles. The van der Waals surface area contributed by atoms with Crippen LogP contribution in [0.5, 0.6) is 0 Å². The lowest BCUT2D eigenvalue weighted by Gasteiger charge is -1.92. The fraction of sp³-hybridized carbons (Fsp3) is 0. The Kier molecular flexibility index (Phi) is 2.19. The molecule has 82 valence electrons. The number of aromatic nitrogens is 3. The number of nitrogens with zero attached hydrogens (tertiary/aromatic N) is 3. The van der Waals surface area contributed by atoms with E-state index in [4.69, 9.17) is 0 Å². The Balaban J connectivity index is 2.17. The number of fused-ring (bicyclic) bond motifs is 1. The normalized spacial score (nSPS) is 10.6. The van der Waals surface area contributed by atoms with Crippen molar-refractivity contribution in [1.82, 2.24) is 14.4 Å². The minimum absolute atomic E-state index is 0.629. The number of pyridine rings is 2. The summed E-state index contributed by atoms with van der Waals surface area (Å²) in [6.45, 7) is 0. The van der Waals surface area contributed by atoms with Crippen LogP contribution in [0.1, 0.15) is 10.4 Å². The van der Waals surface area contributed by atoms with E-state index in [-0.39, 0.29) is 0 Å². The number of hydrogen-bond acceptors (Lipinski definition) is 3. The summed E-state index contributed by atoms with van der Waals surface area (Å²) < 4.78 is 1.89. The van der Waals surface area contributed by atoms with E-state index in [1.165, 1.54) is 0 Å². The first-order chi connectivity index (χ1) is 8.36. The number of imidazole rings is 1. The van der Waals surface area contributed by atoms with E-state index < -0.39 is 0 Å². The summed E-state index contributed by atoms with van der Waals surface area (Å²) in [5.41, 5.74) is 3.28. The first kappa shape index (κ1) is 9.72. The predicted octanol–water partition coefficient (Wildman–Crippen LogP) is 2.21. The van der Waals surface area contributed by atoms with Crippen molar-refractivity contribution in [2.75, 3.05) is 0 Å². The zero-order valence-corrected chi connectivity index (χ0v) is 8.95. The zero-order valence-electron chi connectivity index (χ0n) is 8.95. The standard InChI is InChI=1S/C13H9N3O/c17-9-10-3-6-16-8-12(15-13(16)7-10)11-1-4-14-5-2-11/h1-9H. The molecule has 0 aromatic carbocycles. The average Bonchev–Trinajstić information content (AvgIpc) is 2.82. The van der Waals surface area contributed by atoms with Crippen LogP contribution in [-0.4, -0.2) is 20.7 Å². The minimum Gasteiger partial charge on any atom is -0.306 e.